The van der Waals surface area contributed by atoms with Crippen LogP contribution in [0.15, 0.2) is 18.2 Å². The number of nitriles is 1. The molecule has 1 aromatic heterocycles. The zero-order valence-corrected chi connectivity index (χ0v) is 11.4. The first-order chi connectivity index (χ1) is 8.58. The fraction of sp³-hybridized carbons (Fsp3) is 0.467. The average molecular weight is 241 g/mol. The molecule has 2 rings (SSSR count). The van der Waals surface area contributed by atoms with Crippen LogP contribution < -0.4 is 0 Å². The Morgan fingerprint density at radius 2 is 2.11 bits per heavy atom. The zero-order chi connectivity index (χ0) is 13.3. The van der Waals surface area contributed by atoms with Crippen molar-refractivity contribution in [2.75, 3.05) is 0 Å². The van der Waals surface area contributed by atoms with Crippen molar-refractivity contribution in [3.63, 3.8) is 0 Å². The molecule has 1 unspecified atom stereocenters. The minimum Gasteiger partial charge on any atom is -0.331 e. The number of imidazole rings is 1. The molecule has 0 aliphatic rings. The van der Waals surface area contributed by atoms with Crippen LogP contribution in [0, 0.1) is 11.3 Å². The average Bonchev–Trinajstić information content (AvgIpc) is 2.69. The van der Waals surface area contributed by atoms with Crippen LogP contribution in [0.25, 0.3) is 11.0 Å². The normalized spacial score (nSPS) is 12.9. The summed E-state index contributed by atoms with van der Waals surface area (Å²) in [6, 6.07) is 8.50. The van der Waals surface area contributed by atoms with E-state index in [1.165, 1.54) is 0 Å². The molecule has 0 bridgehead atoms. The first-order valence-electron chi connectivity index (χ1n) is 6.44. The molecule has 0 saturated heterocycles. The monoisotopic (exact) mass is 241 g/mol. The molecule has 2 aromatic rings. The molecule has 0 amide bonds. The van der Waals surface area contributed by atoms with E-state index in [4.69, 9.17) is 5.26 Å². The summed E-state index contributed by atoms with van der Waals surface area (Å²) in [4.78, 5) is 4.64. The Bertz CT molecular complexity index is 602. The van der Waals surface area contributed by atoms with Crippen LogP contribution in [0.3, 0.4) is 0 Å². The summed E-state index contributed by atoms with van der Waals surface area (Å²) in [5.41, 5.74) is 3.22. The van der Waals surface area contributed by atoms with Gasteiger partial charge in [-0.3, -0.25) is 0 Å². The number of benzene rings is 1. The maximum Gasteiger partial charge on any atom is 0.112 e. The predicted octanol–water partition coefficient (Wildman–Crippen LogP) is 3.71. The van der Waals surface area contributed by atoms with Gasteiger partial charge in [-0.2, -0.15) is 5.26 Å². The minimum atomic E-state index is -0.0215. The SMILES string of the molecule is CCC(C#N)c1ccc2nc(C(C)C)n(C)c2c1. The van der Waals surface area contributed by atoms with E-state index in [9.17, 15) is 0 Å². The smallest absolute Gasteiger partial charge is 0.112 e. The number of rotatable bonds is 3. The number of hydrogen-bond acceptors (Lipinski definition) is 2. The molecule has 0 aliphatic carbocycles. The van der Waals surface area contributed by atoms with Crippen molar-refractivity contribution in [2.24, 2.45) is 7.05 Å². The quantitative estimate of drug-likeness (QED) is 0.822. The molecule has 18 heavy (non-hydrogen) atoms. The first-order valence-corrected chi connectivity index (χ1v) is 6.44. The highest BCUT2D eigenvalue weighted by Gasteiger charge is 2.14. The summed E-state index contributed by atoms with van der Waals surface area (Å²) < 4.78 is 2.13. The molecule has 0 spiro atoms. The highest BCUT2D eigenvalue weighted by atomic mass is 15.1. The maximum atomic E-state index is 9.14. The van der Waals surface area contributed by atoms with E-state index in [2.05, 4.69) is 35.5 Å². The van der Waals surface area contributed by atoms with E-state index in [1.54, 1.807) is 0 Å². The second-order valence-corrected chi connectivity index (χ2v) is 5.02. The van der Waals surface area contributed by atoms with Gasteiger partial charge in [-0.1, -0.05) is 26.8 Å². The van der Waals surface area contributed by atoms with E-state index < -0.39 is 0 Å². The number of fused-ring (bicyclic) bond motifs is 1. The van der Waals surface area contributed by atoms with Gasteiger partial charge in [0.15, 0.2) is 0 Å². The lowest BCUT2D eigenvalue weighted by atomic mass is 9.98. The van der Waals surface area contributed by atoms with Crippen LogP contribution in [0.4, 0.5) is 0 Å². The molecule has 0 saturated carbocycles. The van der Waals surface area contributed by atoms with Crippen LogP contribution in [0.5, 0.6) is 0 Å². The van der Waals surface area contributed by atoms with Crippen LogP contribution >= 0.6 is 0 Å². The van der Waals surface area contributed by atoms with Gasteiger partial charge in [-0.15, -0.1) is 0 Å². The van der Waals surface area contributed by atoms with Gasteiger partial charge >= 0.3 is 0 Å². The molecule has 1 heterocycles. The Hall–Kier alpha value is -1.82. The van der Waals surface area contributed by atoms with Crippen molar-refractivity contribution >= 4 is 11.0 Å². The molecular formula is C15H19N3. The van der Waals surface area contributed by atoms with Crippen LogP contribution in [0.1, 0.15) is 50.4 Å². The molecule has 0 aliphatic heterocycles. The van der Waals surface area contributed by atoms with Crippen LogP contribution in [0.2, 0.25) is 0 Å². The lowest BCUT2D eigenvalue weighted by molar-refractivity contribution is 0.722. The van der Waals surface area contributed by atoms with Crippen molar-refractivity contribution in [1.29, 1.82) is 5.26 Å². The van der Waals surface area contributed by atoms with E-state index >= 15 is 0 Å². The third kappa shape index (κ3) is 1.99. The Labute approximate surface area is 108 Å². The van der Waals surface area contributed by atoms with E-state index in [0.29, 0.717) is 5.92 Å². The topological polar surface area (TPSA) is 41.6 Å². The Morgan fingerprint density at radius 1 is 1.39 bits per heavy atom. The Balaban J connectivity index is 2.58. The van der Waals surface area contributed by atoms with Gasteiger partial charge in [0.25, 0.3) is 0 Å². The summed E-state index contributed by atoms with van der Waals surface area (Å²) in [5, 5.41) is 9.14. The number of nitrogens with zero attached hydrogens (tertiary/aromatic N) is 3. The third-order valence-corrected chi connectivity index (χ3v) is 3.42. The van der Waals surface area contributed by atoms with E-state index in [1.807, 2.05) is 26.1 Å². The lowest BCUT2D eigenvalue weighted by Crippen LogP contribution is -2.00. The van der Waals surface area contributed by atoms with Gasteiger partial charge in [0.2, 0.25) is 0 Å². The first kappa shape index (κ1) is 12.6. The molecule has 0 radical (unpaired) electrons. The van der Waals surface area contributed by atoms with Crippen molar-refractivity contribution in [3.05, 3.63) is 29.6 Å². The Kier molecular flexibility index (Phi) is 3.38. The van der Waals surface area contributed by atoms with Crippen LogP contribution in [-0.2, 0) is 7.05 Å². The summed E-state index contributed by atoms with van der Waals surface area (Å²) in [7, 11) is 2.04. The largest absolute Gasteiger partial charge is 0.331 e. The fourth-order valence-corrected chi connectivity index (χ4v) is 2.36. The number of aryl methyl sites for hydroxylation is 1. The summed E-state index contributed by atoms with van der Waals surface area (Å²) in [5.74, 6) is 1.47. The van der Waals surface area contributed by atoms with Crippen molar-refractivity contribution in [1.82, 2.24) is 9.55 Å². The highest BCUT2D eigenvalue weighted by Crippen LogP contribution is 2.25. The molecule has 0 N–H and O–H groups in total. The summed E-state index contributed by atoms with van der Waals surface area (Å²) in [6.07, 6.45) is 0.844. The second kappa shape index (κ2) is 4.81. The van der Waals surface area contributed by atoms with Gasteiger partial charge in [-0.25, -0.2) is 4.98 Å². The zero-order valence-electron chi connectivity index (χ0n) is 11.4. The molecule has 3 nitrogen and oxygen atoms in total. The standard InChI is InChI=1S/C15H19N3/c1-5-11(9-16)12-6-7-13-14(8-12)18(4)15(17-13)10(2)3/h6-8,10-11H,5H2,1-4H3. The van der Waals surface area contributed by atoms with Gasteiger partial charge in [0.05, 0.1) is 23.0 Å². The van der Waals surface area contributed by atoms with Crippen molar-refractivity contribution in [2.45, 2.75) is 39.0 Å². The van der Waals surface area contributed by atoms with Crippen molar-refractivity contribution < 1.29 is 0 Å². The molecule has 94 valence electrons. The van der Waals surface area contributed by atoms with Gasteiger partial charge in [-0.05, 0) is 24.1 Å². The van der Waals surface area contributed by atoms with E-state index in [-0.39, 0.29) is 5.92 Å². The molecule has 1 aromatic carbocycles. The molecule has 0 fully saturated rings. The van der Waals surface area contributed by atoms with Gasteiger partial charge in [0, 0.05) is 13.0 Å². The molecule has 3 heteroatoms. The highest BCUT2D eigenvalue weighted by molar-refractivity contribution is 5.77. The number of hydrogen-bond donors (Lipinski definition) is 0. The number of aromatic nitrogens is 2. The van der Waals surface area contributed by atoms with Gasteiger partial charge in [0.1, 0.15) is 5.82 Å². The molecule has 1 atom stereocenters. The Morgan fingerprint density at radius 3 is 2.67 bits per heavy atom. The third-order valence-electron chi connectivity index (χ3n) is 3.42. The maximum absolute atomic E-state index is 9.14. The lowest BCUT2D eigenvalue weighted by Gasteiger charge is -2.07. The predicted molar refractivity (Wildman–Crippen MR) is 73.4 cm³/mol. The molecular weight excluding hydrogens is 222 g/mol. The second-order valence-electron chi connectivity index (χ2n) is 5.02. The minimum absolute atomic E-state index is 0.0215. The van der Waals surface area contributed by atoms with Gasteiger partial charge < -0.3 is 4.57 Å². The summed E-state index contributed by atoms with van der Waals surface area (Å²) in [6.45, 7) is 6.33. The fourth-order valence-electron chi connectivity index (χ4n) is 2.36. The van der Waals surface area contributed by atoms with E-state index in [0.717, 1.165) is 28.8 Å². The summed E-state index contributed by atoms with van der Waals surface area (Å²) >= 11 is 0. The van der Waals surface area contributed by atoms with Crippen molar-refractivity contribution in [3.8, 4) is 6.07 Å². The van der Waals surface area contributed by atoms with Crippen LogP contribution in [-0.4, -0.2) is 9.55 Å².